The van der Waals surface area contributed by atoms with E-state index >= 15 is 0 Å². The van der Waals surface area contributed by atoms with E-state index in [-0.39, 0.29) is 6.61 Å². The average Bonchev–Trinajstić information content (AvgIpc) is 2.54. The van der Waals surface area contributed by atoms with E-state index in [1.807, 2.05) is 0 Å². The molecule has 0 aliphatic carbocycles. The van der Waals surface area contributed by atoms with Crippen LogP contribution in [0, 0.1) is 0 Å². The lowest BCUT2D eigenvalue weighted by molar-refractivity contribution is -0.310. The summed E-state index contributed by atoms with van der Waals surface area (Å²) in [4.78, 5) is 0. The fraction of sp³-hybridized carbons (Fsp3) is 1.00. The van der Waals surface area contributed by atoms with E-state index in [2.05, 4.69) is 0 Å². The molecule has 2 saturated heterocycles. The molecule has 11 nitrogen and oxygen atoms in total. The first-order valence-electron chi connectivity index (χ1n) is 7.15. The van der Waals surface area contributed by atoms with Crippen molar-refractivity contribution >= 4 is 0 Å². The monoisotopic (exact) mass is 341 g/mol. The zero-order valence-electron chi connectivity index (χ0n) is 12.1. The van der Waals surface area contributed by atoms with Gasteiger partial charge in [-0.05, 0) is 0 Å². The topological polar surface area (TPSA) is 195 Å². The molecule has 2 heterocycles. The zero-order valence-corrected chi connectivity index (χ0v) is 12.1. The van der Waals surface area contributed by atoms with E-state index in [1.54, 1.807) is 0 Å². The van der Waals surface area contributed by atoms with Crippen molar-refractivity contribution in [3.8, 4) is 0 Å². The van der Waals surface area contributed by atoms with Crippen LogP contribution >= 0.6 is 0 Å². The molecule has 9 N–H and O–H groups in total. The smallest absolute Gasteiger partial charge is 0.184 e. The van der Waals surface area contributed by atoms with E-state index in [1.165, 1.54) is 0 Å². The van der Waals surface area contributed by atoms with Crippen LogP contribution in [-0.2, 0) is 14.2 Å². The normalized spacial score (nSPS) is 51.7. The fourth-order valence-corrected chi connectivity index (χ4v) is 2.51. The van der Waals surface area contributed by atoms with Crippen molar-refractivity contribution in [2.24, 2.45) is 5.73 Å². The van der Waals surface area contributed by atoms with Gasteiger partial charge in [0.25, 0.3) is 0 Å². The molecular formula is C12H23NO10. The zero-order chi connectivity index (χ0) is 17.3. The molecule has 136 valence electrons. The second-order valence-electron chi connectivity index (χ2n) is 5.65. The van der Waals surface area contributed by atoms with Gasteiger partial charge in [0, 0.05) is 0 Å². The predicted octanol–water partition coefficient (Wildman–Crippen LogP) is -5.43. The molecule has 0 unspecified atom stereocenters. The number of rotatable bonds is 4. The Bertz CT molecular complexity index is 385. The standard InChI is InChI=1S/C12H23NO10/c13-5-8(17)6(15)3(1-14)23-12(5)21-2-4-7(16)9(18)10(19)11(20)22-4/h3-12,14-20H,1-2,13H2/t3-,4-,5-,6-,7-,8-,9+,10-,11-,12-/m0/s1. The maximum Gasteiger partial charge on any atom is 0.184 e. The Morgan fingerprint density at radius 1 is 0.783 bits per heavy atom. The minimum Gasteiger partial charge on any atom is -0.394 e. The summed E-state index contributed by atoms with van der Waals surface area (Å²) in [6.07, 6.45) is -12.8. The van der Waals surface area contributed by atoms with Gasteiger partial charge >= 0.3 is 0 Å². The third-order valence-electron chi connectivity index (χ3n) is 4.04. The summed E-state index contributed by atoms with van der Waals surface area (Å²) in [5.74, 6) is 0. The third kappa shape index (κ3) is 3.81. The molecule has 0 amide bonds. The average molecular weight is 341 g/mol. The molecule has 11 heteroatoms. The van der Waals surface area contributed by atoms with Crippen molar-refractivity contribution < 1.29 is 50.0 Å². The van der Waals surface area contributed by atoms with Gasteiger partial charge < -0.3 is 55.7 Å². The Balaban J connectivity index is 1.94. The van der Waals surface area contributed by atoms with Crippen LogP contribution in [-0.4, -0.2) is 110 Å². The first-order chi connectivity index (χ1) is 10.8. The maximum atomic E-state index is 9.79. The van der Waals surface area contributed by atoms with Crippen molar-refractivity contribution in [1.29, 1.82) is 0 Å². The molecule has 23 heavy (non-hydrogen) atoms. The highest BCUT2D eigenvalue weighted by Crippen LogP contribution is 2.24. The summed E-state index contributed by atoms with van der Waals surface area (Å²) in [6, 6.07) is -1.13. The fourth-order valence-electron chi connectivity index (χ4n) is 2.51. The summed E-state index contributed by atoms with van der Waals surface area (Å²) >= 11 is 0. The van der Waals surface area contributed by atoms with Crippen LogP contribution in [0.15, 0.2) is 0 Å². The van der Waals surface area contributed by atoms with Gasteiger partial charge in [-0.2, -0.15) is 0 Å². The first kappa shape index (κ1) is 18.9. The van der Waals surface area contributed by atoms with Crippen molar-refractivity contribution in [1.82, 2.24) is 0 Å². The lowest BCUT2D eigenvalue weighted by atomic mass is 9.97. The lowest BCUT2D eigenvalue weighted by Crippen LogP contribution is -2.63. The highest BCUT2D eigenvalue weighted by molar-refractivity contribution is 4.92. The van der Waals surface area contributed by atoms with E-state index < -0.39 is 68.0 Å². The second-order valence-corrected chi connectivity index (χ2v) is 5.65. The molecule has 2 rings (SSSR count). The van der Waals surface area contributed by atoms with E-state index in [0.717, 1.165) is 0 Å². The number of hydrogen-bond acceptors (Lipinski definition) is 11. The van der Waals surface area contributed by atoms with Crippen molar-refractivity contribution in [3.63, 3.8) is 0 Å². The Hall–Kier alpha value is -0.440. The quantitative estimate of drug-likeness (QED) is 0.243. The maximum absolute atomic E-state index is 9.79. The third-order valence-corrected chi connectivity index (χ3v) is 4.04. The molecule has 2 aliphatic rings. The summed E-state index contributed by atoms with van der Waals surface area (Å²) < 4.78 is 15.4. The highest BCUT2D eigenvalue weighted by atomic mass is 16.7. The van der Waals surface area contributed by atoms with Crippen molar-refractivity contribution in [3.05, 3.63) is 0 Å². The molecule has 0 aromatic rings. The summed E-state index contributed by atoms with van der Waals surface area (Å²) in [5.41, 5.74) is 5.67. The highest BCUT2D eigenvalue weighted by Gasteiger charge is 2.46. The van der Waals surface area contributed by atoms with Gasteiger partial charge in [0.2, 0.25) is 0 Å². The molecule has 10 atom stereocenters. The van der Waals surface area contributed by atoms with Crippen LogP contribution in [0.3, 0.4) is 0 Å². The molecule has 2 fully saturated rings. The number of aliphatic hydroxyl groups is 7. The Morgan fingerprint density at radius 3 is 2.00 bits per heavy atom. The summed E-state index contributed by atoms with van der Waals surface area (Å²) in [6.45, 7) is -0.960. The Labute approximate surface area is 131 Å². The van der Waals surface area contributed by atoms with Gasteiger partial charge in [0.05, 0.1) is 19.3 Å². The molecule has 0 spiro atoms. The van der Waals surface area contributed by atoms with E-state index in [4.69, 9.17) is 25.1 Å². The minimum absolute atomic E-state index is 0.388. The van der Waals surface area contributed by atoms with Crippen molar-refractivity contribution in [2.45, 2.75) is 61.3 Å². The Morgan fingerprint density at radius 2 is 1.39 bits per heavy atom. The SMILES string of the molecule is N[C@@H]1[C@@H](OC[C@@H]2O[C@H](O)[C@@H](O)[C@H](O)[C@H]2O)O[C@@H](CO)[C@H](O)[C@H]1O. The van der Waals surface area contributed by atoms with Gasteiger partial charge in [-0.25, -0.2) is 0 Å². The molecule has 0 radical (unpaired) electrons. The van der Waals surface area contributed by atoms with Crippen LogP contribution in [0.5, 0.6) is 0 Å². The molecule has 0 aromatic heterocycles. The van der Waals surface area contributed by atoms with Gasteiger partial charge in [-0.3, -0.25) is 0 Å². The number of hydrogen-bond donors (Lipinski definition) is 8. The van der Waals surface area contributed by atoms with E-state index in [0.29, 0.717) is 0 Å². The van der Waals surface area contributed by atoms with Gasteiger partial charge in [-0.15, -0.1) is 0 Å². The van der Waals surface area contributed by atoms with Crippen LogP contribution in [0.25, 0.3) is 0 Å². The molecule has 0 aromatic carbocycles. The molecular weight excluding hydrogens is 318 g/mol. The summed E-state index contributed by atoms with van der Waals surface area (Å²) in [5, 5.41) is 66.7. The van der Waals surface area contributed by atoms with Crippen LogP contribution in [0.1, 0.15) is 0 Å². The molecule has 2 aliphatic heterocycles. The van der Waals surface area contributed by atoms with Crippen LogP contribution < -0.4 is 5.73 Å². The number of nitrogens with two attached hydrogens (primary N) is 1. The van der Waals surface area contributed by atoms with Crippen LogP contribution in [0.2, 0.25) is 0 Å². The van der Waals surface area contributed by atoms with Gasteiger partial charge in [0.1, 0.15) is 42.7 Å². The van der Waals surface area contributed by atoms with E-state index in [9.17, 15) is 30.6 Å². The Kier molecular flexibility index (Phi) is 6.27. The van der Waals surface area contributed by atoms with Crippen molar-refractivity contribution in [2.75, 3.05) is 13.2 Å². The lowest BCUT2D eigenvalue weighted by Gasteiger charge is -2.42. The minimum atomic E-state index is -1.71. The molecule has 0 bridgehead atoms. The molecule has 0 saturated carbocycles. The van der Waals surface area contributed by atoms with Crippen LogP contribution in [0.4, 0.5) is 0 Å². The predicted molar refractivity (Wildman–Crippen MR) is 70.6 cm³/mol. The van der Waals surface area contributed by atoms with Gasteiger partial charge in [-0.1, -0.05) is 0 Å². The van der Waals surface area contributed by atoms with Gasteiger partial charge in [0.15, 0.2) is 12.6 Å². The second kappa shape index (κ2) is 7.63. The summed E-state index contributed by atoms with van der Waals surface area (Å²) in [7, 11) is 0. The number of ether oxygens (including phenoxy) is 3. The number of aliphatic hydroxyl groups excluding tert-OH is 7. The largest absolute Gasteiger partial charge is 0.394 e. The first-order valence-corrected chi connectivity index (χ1v) is 7.15.